The highest BCUT2D eigenvalue weighted by Crippen LogP contribution is 2.27. The first-order chi connectivity index (χ1) is 13.1. The summed E-state index contributed by atoms with van der Waals surface area (Å²) in [4.78, 5) is 36.1. The molecule has 1 aromatic carbocycles. The summed E-state index contributed by atoms with van der Waals surface area (Å²) in [6, 6.07) is 3.94. The zero-order chi connectivity index (χ0) is 20.6. The highest BCUT2D eigenvalue weighted by Gasteiger charge is 2.42. The van der Waals surface area contributed by atoms with Crippen LogP contribution < -0.4 is 15.6 Å². The van der Waals surface area contributed by atoms with Crippen LogP contribution in [0.25, 0.3) is 0 Å². The van der Waals surface area contributed by atoms with Gasteiger partial charge in [-0.1, -0.05) is 0 Å². The van der Waals surface area contributed by atoms with Gasteiger partial charge in [-0.15, -0.1) is 0 Å². The van der Waals surface area contributed by atoms with Crippen molar-refractivity contribution in [2.45, 2.75) is 31.6 Å². The van der Waals surface area contributed by atoms with Gasteiger partial charge in [-0.3, -0.25) is 18.7 Å². The fourth-order valence-electron chi connectivity index (χ4n) is 2.71. The van der Waals surface area contributed by atoms with Gasteiger partial charge < -0.3 is 10.1 Å². The fraction of sp³-hybridized carbons (Fsp3) is 0.412. The Hall–Kier alpha value is -2.82. The SMILES string of the molecule is CC(=O)NCC1CN(c2ccc(C3=NNC(=O)C(C)(C)S3=O)c(F)c2)C(=O)O1. The molecule has 0 aliphatic carbocycles. The lowest BCUT2D eigenvalue weighted by Crippen LogP contribution is -2.50. The van der Waals surface area contributed by atoms with Gasteiger partial charge in [0.2, 0.25) is 5.91 Å². The number of nitrogens with zero attached hydrogens (tertiary/aromatic N) is 2. The van der Waals surface area contributed by atoms with Crippen molar-refractivity contribution >= 4 is 39.4 Å². The van der Waals surface area contributed by atoms with Crippen molar-refractivity contribution < 1.29 is 27.7 Å². The minimum Gasteiger partial charge on any atom is -0.442 e. The third-order valence-electron chi connectivity index (χ3n) is 4.39. The van der Waals surface area contributed by atoms with Crippen molar-refractivity contribution in [2.24, 2.45) is 5.10 Å². The van der Waals surface area contributed by atoms with Gasteiger partial charge in [0.15, 0.2) is 5.04 Å². The minimum absolute atomic E-state index is 0.0301. The number of cyclic esters (lactones) is 1. The molecule has 2 N–H and O–H groups in total. The van der Waals surface area contributed by atoms with Gasteiger partial charge in [-0.05, 0) is 32.0 Å². The summed E-state index contributed by atoms with van der Waals surface area (Å²) in [5.74, 6) is -1.51. The molecule has 2 aliphatic rings. The number of ether oxygens (including phenoxy) is 1. The number of rotatable bonds is 4. The second-order valence-electron chi connectivity index (χ2n) is 6.85. The summed E-state index contributed by atoms with van der Waals surface area (Å²) >= 11 is 0. The summed E-state index contributed by atoms with van der Waals surface area (Å²) in [5.41, 5.74) is 2.48. The van der Waals surface area contributed by atoms with E-state index < -0.39 is 39.5 Å². The molecule has 28 heavy (non-hydrogen) atoms. The first kappa shape index (κ1) is 19.9. The Labute approximate surface area is 162 Å². The normalized spacial score (nSPS) is 23.7. The summed E-state index contributed by atoms with van der Waals surface area (Å²) in [6.07, 6.45) is -1.21. The summed E-state index contributed by atoms with van der Waals surface area (Å²) in [5, 5.41) is 6.22. The second kappa shape index (κ2) is 7.30. The Kier molecular flexibility index (Phi) is 5.20. The lowest BCUT2D eigenvalue weighted by Gasteiger charge is -2.26. The molecule has 3 amide bonds. The predicted octanol–water partition coefficient (Wildman–Crippen LogP) is 0.606. The van der Waals surface area contributed by atoms with Crippen molar-refractivity contribution in [1.82, 2.24) is 10.7 Å². The third-order valence-corrected chi connectivity index (χ3v) is 6.17. The Bertz CT molecular complexity index is 917. The summed E-state index contributed by atoms with van der Waals surface area (Å²) in [6.45, 7) is 4.62. The van der Waals surface area contributed by atoms with Gasteiger partial charge in [-0.2, -0.15) is 5.10 Å². The number of hydrogen-bond donors (Lipinski definition) is 2. The molecule has 2 unspecified atom stereocenters. The van der Waals surface area contributed by atoms with Crippen molar-refractivity contribution in [1.29, 1.82) is 0 Å². The number of carbonyl (C=O) groups is 3. The van der Waals surface area contributed by atoms with Crippen LogP contribution in [0.5, 0.6) is 0 Å². The van der Waals surface area contributed by atoms with E-state index in [0.29, 0.717) is 0 Å². The molecule has 0 radical (unpaired) electrons. The molecule has 150 valence electrons. The molecule has 0 bridgehead atoms. The molecule has 1 aromatic rings. The standard InChI is InChI=1S/C17H19FN4O5S/c1-9(23)19-7-11-8-22(16(25)27-11)10-4-5-12(13(18)6-10)14-20-21-15(24)17(2,3)28(14)26/h4-6,11H,7-8H2,1-3H3,(H,19,23)(H,21,24). The predicted molar refractivity (Wildman–Crippen MR) is 99.6 cm³/mol. The molecule has 2 atom stereocenters. The number of amides is 3. The highest BCUT2D eigenvalue weighted by molar-refractivity contribution is 8.03. The first-order valence-corrected chi connectivity index (χ1v) is 9.58. The molecule has 2 heterocycles. The highest BCUT2D eigenvalue weighted by atomic mass is 32.2. The lowest BCUT2D eigenvalue weighted by atomic mass is 10.2. The second-order valence-corrected chi connectivity index (χ2v) is 8.80. The maximum absolute atomic E-state index is 14.7. The molecule has 0 spiro atoms. The molecule has 1 saturated heterocycles. The van der Waals surface area contributed by atoms with Gasteiger partial charge in [0.25, 0.3) is 5.91 Å². The van der Waals surface area contributed by atoms with E-state index >= 15 is 0 Å². The van der Waals surface area contributed by atoms with E-state index in [-0.39, 0.29) is 35.3 Å². The number of nitrogens with one attached hydrogen (secondary N) is 2. The molecule has 9 nitrogen and oxygen atoms in total. The van der Waals surface area contributed by atoms with Gasteiger partial charge in [0.05, 0.1) is 29.6 Å². The van der Waals surface area contributed by atoms with Crippen LogP contribution in [0.1, 0.15) is 26.3 Å². The molecule has 11 heteroatoms. The number of hydrogen-bond acceptors (Lipinski definition) is 6. The van der Waals surface area contributed by atoms with Crippen LogP contribution in [-0.4, -0.2) is 51.1 Å². The van der Waals surface area contributed by atoms with Gasteiger partial charge in [0.1, 0.15) is 16.7 Å². The molecular formula is C17H19FN4O5S. The molecule has 1 fully saturated rings. The average molecular weight is 410 g/mol. The topological polar surface area (TPSA) is 117 Å². The summed E-state index contributed by atoms with van der Waals surface area (Å²) in [7, 11) is -1.86. The van der Waals surface area contributed by atoms with E-state index in [2.05, 4.69) is 15.8 Å². The van der Waals surface area contributed by atoms with Crippen LogP contribution in [0.2, 0.25) is 0 Å². The van der Waals surface area contributed by atoms with Crippen molar-refractivity contribution in [3.8, 4) is 0 Å². The molecule has 0 aromatic heterocycles. The van der Waals surface area contributed by atoms with Gasteiger partial charge >= 0.3 is 6.09 Å². The minimum atomic E-state index is -1.86. The largest absolute Gasteiger partial charge is 0.442 e. The summed E-state index contributed by atoms with van der Waals surface area (Å²) < 4.78 is 31.2. The van der Waals surface area contributed by atoms with E-state index in [9.17, 15) is 23.0 Å². The Morgan fingerprint density at radius 1 is 1.46 bits per heavy atom. The lowest BCUT2D eigenvalue weighted by molar-refractivity contribution is -0.123. The molecule has 2 aliphatic heterocycles. The maximum atomic E-state index is 14.7. The van der Waals surface area contributed by atoms with Crippen LogP contribution >= 0.6 is 0 Å². The van der Waals surface area contributed by atoms with Crippen molar-refractivity contribution in [3.63, 3.8) is 0 Å². The smallest absolute Gasteiger partial charge is 0.414 e. The van der Waals surface area contributed by atoms with Crippen LogP contribution in [-0.2, 0) is 25.1 Å². The molecule has 3 rings (SSSR count). The van der Waals surface area contributed by atoms with Crippen LogP contribution in [0, 0.1) is 5.82 Å². The Morgan fingerprint density at radius 3 is 2.82 bits per heavy atom. The van der Waals surface area contributed by atoms with E-state index in [0.717, 1.165) is 6.07 Å². The Balaban J connectivity index is 1.82. The van der Waals surface area contributed by atoms with Gasteiger partial charge in [-0.25, -0.2) is 14.6 Å². The van der Waals surface area contributed by atoms with Crippen molar-refractivity contribution in [3.05, 3.63) is 29.6 Å². The quantitative estimate of drug-likeness (QED) is 0.754. The number of carbonyl (C=O) groups excluding carboxylic acids is 3. The molecular weight excluding hydrogens is 391 g/mol. The number of benzene rings is 1. The number of anilines is 1. The third kappa shape index (κ3) is 3.61. The zero-order valence-corrected chi connectivity index (χ0v) is 16.3. The van der Waals surface area contributed by atoms with Gasteiger partial charge in [0, 0.05) is 12.5 Å². The monoisotopic (exact) mass is 410 g/mol. The molecule has 0 saturated carbocycles. The Morgan fingerprint density at radius 2 is 2.18 bits per heavy atom. The van der Waals surface area contributed by atoms with E-state index in [1.54, 1.807) is 0 Å². The van der Waals surface area contributed by atoms with Crippen LogP contribution in [0.15, 0.2) is 23.3 Å². The number of halogens is 1. The first-order valence-electron chi connectivity index (χ1n) is 8.43. The van der Waals surface area contributed by atoms with E-state index in [1.807, 2.05) is 0 Å². The zero-order valence-electron chi connectivity index (χ0n) is 15.4. The van der Waals surface area contributed by atoms with Crippen molar-refractivity contribution in [2.75, 3.05) is 18.0 Å². The average Bonchev–Trinajstić information content (AvgIpc) is 3.00. The number of hydrazone groups is 1. The van der Waals surface area contributed by atoms with Crippen LogP contribution in [0.4, 0.5) is 14.9 Å². The maximum Gasteiger partial charge on any atom is 0.414 e. The van der Waals surface area contributed by atoms with E-state index in [4.69, 9.17) is 4.74 Å². The fourth-order valence-corrected chi connectivity index (χ4v) is 3.90. The van der Waals surface area contributed by atoms with E-state index in [1.165, 1.54) is 37.8 Å². The van der Waals surface area contributed by atoms with Crippen LogP contribution in [0.3, 0.4) is 0 Å².